The number of hydrogen-bond donors (Lipinski definition) is 2. The lowest BCUT2D eigenvalue weighted by molar-refractivity contribution is -0.123. The molecule has 1 saturated carbocycles. The van der Waals surface area contributed by atoms with E-state index in [2.05, 4.69) is 10.6 Å². The first-order valence-electron chi connectivity index (χ1n) is 5.63. The predicted molar refractivity (Wildman–Crippen MR) is 58.1 cm³/mol. The first-order valence-corrected chi connectivity index (χ1v) is 5.63. The minimum Gasteiger partial charge on any atom is -0.353 e. The van der Waals surface area contributed by atoms with Crippen molar-refractivity contribution in [2.75, 3.05) is 6.54 Å². The quantitative estimate of drug-likeness (QED) is 0.675. The van der Waals surface area contributed by atoms with Crippen LogP contribution in [-0.4, -0.2) is 24.5 Å². The third kappa shape index (κ3) is 4.61. The van der Waals surface area contributed by atoms with Crippen LogP contribution in [0.3, 0.4) is 0 Å². The third-order valence-corrected chi connectivity index (χ3v) is 2.52. The minimum atomic E-state index is -0.0591. The van der Waals surface area contributed by atoms with Gasteiger partial charge in [0.2, 0.25) is 5.91 Å². The van der Waals surface area contributed by atoms with Crippen LogP contribution in [0.4, 0.5) is 0 Å². The molecule has 0 aromatic heterocycles. The Morgan fingerprint density at radius 2 is 2.00 bits per heavy atom. The zero-order valence-corrected chi connectivity index (χ0v) is 9.47. The van der Waals surface area contributed by atoms with Crippen LogP contribution in [0.25, 0.3) is 0 Å². The van der Waals surface area contributed by atoms with Crippen LogP contribution in [0.2, 0.25) is 0 Å². The summed E-state index contributed by atoms with van der Waals surface area (Å²) in [4.78, 5) is 11.5. The van der Waals surface area contributed by atoms with E-state index in [1.54, 1.807) is 0 Å². The average molecular weight is 198 g/mol. The van der Waals surface area contributed by atoms with Crippen LogP contribution >= 0.6 is 0 Å². The summed E-state index contributed by atoms with van der Waals surface area (Å²) >= 11 is 0. The minimum absolute atomic E-state index is 0.0591. The van der Waals surface area contributed by atoms with E-state index in [0.717, 1.165) is 12.5 Å². The number of rotatable bonds is 6. The molecule has 3 heteroatoms. The van der Waals surface area contributed by atoms with Crippen LogP contribution in [0.5, 0.6) is 0 Å². The molecule has 1 unspecified atom stereocenters. The number of amides is 1. The van der Waals surface area contributed by atoms with Gasteiger partial charge in [0.25, 0.3) is 0 Å². The predicted octanol–water partition coefficient (Wildman–Crippen LogP) is 1.29. The fraction of sp³-hybridized carbons (Fsp3) is 0.909. The molecule has 0 bridgehead atoms. The molecule has 0 aromatic rings. The van der Waals surface area contributed by atoms with Gasteiger partial charge in [0, 0.05) is 6.04 Å². The highest BCUT2D eigenvalue weighted by Crippen LogP contribution is 2.31. The molecule has 0 radical (unpaired) electrons. The first-order chi connectivity index (χ1) is 6.59. The van der Waals surface area contributed by atoms with Gasteiger partial charge >= 0.3 is 0 Å². The van der Waals surface area contributed by atoms with Crippen molar-refractivity contribution in [1.82, 2.24) is 10.6 Å². The maximum absolute atomic E-state index is 11.5. The van der Waals surface area contributed by atoms with Crippen molar-refractivity contribution >= 4 is 5.91 Å². The molecule has 82 valence electrons. The molecular formula is C11H22N2O. The Labute approximate surface area is 86.6 Å². The first kappa shape index (κ1) is 11.5. The van der Waals surface area contributed by atoms with E-state index in [1.165, 1.54) is 19.3 Å². The Hall–Kier alpha value is -0.570. The van der Waals surface area contributed by atoms with Gasteiger partial charge in [0.15, 0.2) is 0 Å². The number of nitrogens with one attached hydrogen (secondary N) is 2. The molecule has 14 heavy (non-hydrogen) atoms. The summed E-state index contributed by atoms with van der Waals surface area (Å²) in [7, 11) is 0. The molecule has 0 aromatic carbocycles. The molecule has 0 saturated heterocycles. The molecule has 1 atom stereocenters. The summed E-state index contributed by atoms with van der Waals surface area (Å²) in [5.41, 5.74) is 0. The second-order valence-electron chi connectivity index (χ2n) is 4.57. The van der Waals surface area contributed by atoms with Crippen LogP contribution < -0.4 is 10.6 Å². The van der Waals surface area contributed by atoms with Gasteiger partial charge in [0.05, 0.1) is 6.04 Å². The van der Waals surface area contributed by atoms with E-state index in [-0.39, 0.29) is 18.0 Å². The van der Waals surface area contributed by atoms with Gasteiger partial charge in [-0.3, -0.25) is 4.79 Å². The zero-order valence-electron chi connectivity index (χ0n) is 9.47. The fourth-order valence-electron chi connectivity index (χ4n) is 1.41. The molecule has 1 rings (SSSR count). The van der Waals surface area contributed by atoms with Crippen molar-refractivity contribution < 1.29 is 4.79 Å². The monoisotopic (exact) mass is 198 g/mol. The lowest BCUT2D eigenvalue weighted by atomic mass is 10.2. The molecule has 1 amide bonds. The SMILES string of the molecule is CC(C)NC(=O)C(C)NCCC1CC1. The topological polar surface area (TPSA) is 41.1 Å². The molecule has 0 spiro atoms. The van der Waals surface area contributed by atoms with Crippen molar-refractivity contribution in [1.29, 1.82) is 0 Å². The molecule has 3 nitrogen and oxygen atoms in total. The number of carbonyl (C=O) groups is 1. The Morgan fingerprint density at radius 3 is 2.50 bits per heavy atom. The maximum Gasteiger partial charge on any atom is 0.237 e. The van der Waals surface area contributed by atoms with Crippen LogP contribution in [0.1, 0.15) is 40.0 Å². The third-order valence-electron chi connectivity index (χ3n) is 2.52. The molecule has 0 heterocycles. The van der Waals surface area contributed by atoms with Crippen molar-refractivity contribution in [2.24, 2.45) is 5.92 Å². The van der Waals surface area contributed by atoms with E-state index in [4.69, 9.17) is 0 Å². The van der Waals surface area contributed by atoms with E-state index in [9.17, 15) is 4.79 Å². The van der Waals surface area contributed by atoms with Crippen molar-refractivity contribution in [3.05, 3.63) is 0 Å². The molecule has 0 aliphatic heterocycles. The summed E-state index contributed by atoms with van der Waals surface area (Å²) in [6.45, 7) is 6.85. The van der Waals surface area contributed by atoms with Gasteiger partial charge < -0.3 is 10.6 Å². The maximum atomic E-state index is 11.5. The standard InChI is InChI=1S/C11H22N2O/c1-8(2)13-11(14)9(3)12-7-6-10-4-5-10/h8-10,12H,4-7H2,1-3H3,(H,13,14). The Kier molecular flexibility index (Phi) is 4.39. The molecule has 1 fully saturated rings. The van der Waals surface area contributed by atoms with Gasteiger partial charge in [-0.25, -0.2) is 0 Å². The summed E-state index contributed by atoms with van der Waals surface area (Å²) < 4.78 is 0. The molecule has 1 aliphatic carbocycles. The number of hydrogen-bond acceptors (Lipinski definition) is 2. The summed E-state index contributed by atoms with van der Waals surface area (Å²) in [5, 5.41) is 6.14. The lowest BCUT2D eigenvalue weighted by Gasteiger charge is -2.15. The molecule has 1 aliphatic rings. The van der Waals surface area contributed by atoms with Crippen molar-refractivity contribution in [3.63, 3.8) is 0 Å². The van der Waals surface area contributed by atoms with Crippen LogP contribution in [0.15, 0.2) is 0 Å². The van der Waals surface area contributed by atoms with Gasteiger partial charge in [-0.05, 0) is 39.7 Å². The van der Waals surface area contributed by atoms with Crippen molar-refractivity contribution in [2.45, 2.75) is 52.1 Å². The van der Waals surface area contributed by atoms with Crippen LogP contribution in [0, 0.1) is 5.92 Å². The zero-order chi connectivity index (χ0) is 10.6. The second-order valence-corrected chi connectivity index (χ2v) is 4.57. The van der Waals surface area contributed by atoms with Gasteiger partial charge in [0.1, 0.15) is 0 Å². The summed E-state index contributed by atoms with van der Waals surface area (Å²) in [6.07, 6.45) is 3.99. The summed E-state index contributed by atoms with van der Waals surface area (Å²) in [6, 6.07) is 0.173. The van der Waals surface area contributed by atoms with E-state index < -0.39 is 0 Å². The Balaban J connectivity index is 2.05. The highest BCUT2D eigenvalue weighted by Gasteiger charge is 2.21. The summed E-state index contributed by atoms with van der Waals surface area (Å²) in [5.74, 6) is 1.04. The van der Waals surface area contributed by atoms with E-state index in [0.29, 0.717) is 0 Å². The highest BCUT2D eigenvalue weighted by atomic mass is 16.2. The highest BCUT2D eigenvalue weighted by molar-refractivity contribution is 5.81. The fourth-order valence-corrected chi connectivity index (χ4v) is 1.41. The van der Waals surface area contributed by atoms with Gasteiger partial charge in [-0.1, -0.05) is 12.8 Å². The van der Waals surface area contributed by atoms with E-state index >= 15 is 0 Å². The van der Waals surface area contributed by atoms with E-state index in [1.807, 2.05) is 20.8 Å². The largest absolute Gasteiger partial charge is 0.353 e. The Bertz CT molecular complexity index is 188. The Morgan fingerprint density at radius 1 is 1.36 bits per heavy atom. The number of carbonyl (C=O) groups excluding carboxylic acids is 1. The van der Waals surface area contributed by atoms with Gasteiger partial charge in [-0.15, -0.1) is 0 Å². The normalized spacial score (nSPS) is 18.3. The molecule has 2 N–H and O–H groups in total. The average Bonchev–Trinajstić information content (AvgIpc) is 2.86. The van der Waals surface area contributed by atoms with Crippen molar-refractivity contribution in [3.8, 4) is 0 Å². The lowest BCUT2D eigenvalue weighted by Crippen LogP contribution is -2.44. The smallest absolute Gasteiger partial charge is 0.237 e. The second kappa shape index (κ2) is 5.35. The molecular weight excluding hydrogens is 176 g/mol. The van der Waals surface area contributed by atoms with Crippen LogP contribution in [-0.2, 0) is 4.79 Å². The van der Waals surface area contributed by atoms with Gasteiger partial charge in [-0.2, -0.15) is 0 Å².